The molecular weight excluding hydrogens is 238 g/mol. The number of nitrogens with one attached hydrogen (secondary N) is 1. The van der Waals surface area contributed by atoms with E-state index in [1.165, 1.54) is 0 Å². The molecule has 0 spiro atoms. The molecule has 5 nitrogen and oxygen atoms in total. The zero-order valence-corrected chi connectivity index (χ0v) is 10.7. The number of H-pyrrole nitrogens is 1. The number of hydrogen-bond donors (Lipinski definition) is 1. The molecule has 6 heteroatoms. The van der Waals surface area contributed by atoms with E-state index in [0.717, 1.165) is 5.69 Å². The van der Waals surface area contributed by atoms with E-state index in [4.69, 9.17) is 11.6 Å². The summed E-state index contributed by atoms with van der Waals surface area (Å²) >= 11 is 5.85. The smallest absolute Gasteiger partial charge is 0.245 e. The van der Waals surface area contributed by atoms with Crippen LogP contribution in [0, 0.1) is 0 Å². The van der Waals surface area contributed by atoms with Gasteiger partial charge in [0.05, 0.1) is 0 Å². The minimum atomic E-state index is 0.654. The average molecular weight is 252 g/mol. The summed E-state index contributed by atoms with van der Waals surface area (Å²) in [6.45, 7) is 0. The Hall–Kier alpha value is -1.75. The van der Waals surface area contributed by atoms with Crippen LogP contribution >= 0.6 is 11.6 Å². The number of rotatable bonds is 3. The standard InChI is InChI=1S/C11H14ClN5/c1-16(2)10-13-11(15-14-10)17(3)9-6-4-8(12)5-7-9/h4-7H,1-3H3,(H,13,14,15). The number of aromatic amines is 1. The van der Waals surface area contributed by atoms with Crippen molar-refractivity contribution in [3.63, 3.8) is 0 Å². The van der Waals surface area contributed by atoms with Gasteiger partial charge in [0.25, 0.3) is 0 Å². The molecule has 2 aromatic rings. The highest BCUT2D eigenvalue weighted by atomic mass is 35.5. The molecule has 0 aliphatic carbocycles. The Morgan fingerprint density at radius 2 is 1.76 bits per heavy atom. The van der Waals surface area contributed by atoms with Crippen LogP contribution in [0.5, 0.6) is 0 Å². The first-order valence-corrected chi connectivity index (χ1v) is 5.55. The van der Waals surface area contributed by atoms with Gasteiger partial charge in [-0.15, -0.1) is 5.10 Å². The molecule has 0 aliphatic heterocycles. The van der Waals surface area contributed by atoms with E-state index in [1.807, 2.05) is 55.2 Å². The lowest BCUT2D eigenvalue weighted by molar-refractivity contribution is 0.994. The molecule has 0 bridgehead atoms. The van der Waals surface area contributed by atoms with Crippen molar-refractivity contribution in [2.45, 2.75) is 0 Å². The fourth-order valence-corrected chi connectivity index (χ4v) is 1.51. The highest BCUT2D eigenvalue weighted by molar-refractivity contribution is 6.30. The third kappa shape index (κ3) is 2.50. The van der Waals surface area contributed by atoms with E-state index in [2.05, 4.69) is 15.2 Å². The van der Waals surface area contributed by atoms with Crippen molar-refractivity contribution in [3.8, 4) is 0 Å². The van der Waals surface area contributed by atoms with Crippen LogP contribution in [0.15, 0.2) is 24.3 Å². The van der Waals surface area contributed by atoms with Crippen LogP contribution < -0.4 is 9.80 Å². The number of anilines is 3. The predicted octanol–water partition coefficient (Wildman–Crippen LogP) is 2.29. The zero-order chi connectivity index (χ0) is 12.4. The molecule has 2 rings (SSSR count). The van der Waals surface area contributed by atoms with Crippen LogP contribution in [0.25, 0.3) is 0 Å². The number of halogens is 1. The van der Waals surface area contributed by atoms with Crippen LogP contribution in [0.1, 0.15) is 0 Å². The summed E-state index contributed by atoms with van der Waals surface area (Å²) in [7, 11) is 5.72. The number of aromatic nitrogens is 3. The summed E-state index contributed by atoms with van der Waals surface area (Å²) in [5.41, 5.74) is 0.996. The molecule has 0 aliphatic rings. The first-order valence-electron chi connectivity index (χ1n) is 5.17. The summed E-state index contributed by atoms with van der Waals surface area (Å²) in [6, 6.07) is 7.55. The van der Waals surface area contributed by atoms with E-state index in [-0.39, 0.29) is 0 Å². The van der Waals surface area contributed by atoms with Gasteiger partial charge >= 0.3 is 0 Å². The summed E-state index contributed by atoms with van der Waals surface area (Å²) < 4.78 is 0. The zero-order valence-electron chi connectivity index (χ0n) is 9.98. The highest BCUT2D eigenvalue weighted by Crippen LogP contribution is 2.22. The van der Waals surface area contributed by atoms with Crippen molar-refractivity contribution in [2.24, 2.45) is 0 Å². The summed E-state index contributed by atoms with van der Waals surface area (Å²) in [4.78, 5) is 8.12. The fraction of sp³-hybridized carbons (Fsp3) is 0.273. The Morgan fingerprint density at radius 3 is 2.29 bits per heavy atom. The molecule has 0 saturated heterocycles. The molecule has 0 amide bonds. The normalized spacial score (nSPS) is 10.4. The number of benzene rings is 1. The maximum Gasteiger partial charge on any atom is 0.245 e. The largest absolute Gasteiger partial charge is 0.346 e. The van der Waals surface area contributed by atoms with Crippen LogP contribution in [-0.4, -0.2) is 36.3 Å². The van der Waals surface area contributed by atoms with Crippen LogP contribution in [0.3, 0.4) is 0 Å². The van der Waals surface area contributed by atoms with Crippen LogP contribution in [0.2, 0.25) is 5.02 Å². The Kier molecular flexibility index (Phi) is 3.19. The first kappa shape index (κ1) is 11.7. The third-order valence-corrected chi connectivity index (χ3v) is 2.65. The van der Waals surface area contributed by atoms with E-state index >= 15 is 0 Å². The van der Waals surface area contributed by atoms with Gasteiger partial charge < -0.3 is 9.80 Å². The van der Waals surface area contributed by atoms with Gasteiger partial charge in [-0.25, -0.2) is 5.10 Å². The molecule has 0 fully saturated rings. The molecular formula is C11H14ClN5. The summed E-state index contributed by atoms with van der Waals surface area (Å²) in [6.07, 6.45) is 0. The maximum absolute atomic E-state index is 5.85. The van der Waals surface area contributed by atoms with Gasteiger partial charge in [-0.05, 0) is 24.3 Å². The highest BCUT2D eigenvalue weighted by Gasteiger charge is 2.10. The molecule has 17 heavy (non-hydrogen) atoms. The Bertz CT molecular complexity index is 491. The van der Waals surface area contributed by atoms with Crippen LogP contribution in [0.4, 0.5) is 17.6 Å². The molecule has 0 unspecified atom stereocenters. The fourth-order valence-electron chi connectivity index (χ4n) is 1.38. The quantitative estimate of drug-likeness (QED) is 0.909. The molecule has 1 aromatic carbocycles. The third-order valence-electron chi connectivity index (χ3n) is 2.39. The van der Waals surface area contributed by atoms with Crippen molar-refractivity contribution in [1.82, 2.24) is 15.2 Å². The Labute approximate surface area is 105 Å². The minimum Gasteiger partial charge on any atom is -0.346 e. The lowest BCUT2D eigenvalue weighted by Gasteiger charge is -2.15. The molecule has 1 heterocycles. The predicted molar refractivity (Wildman–Crippen MR) is 70.2 cm³/mol. The molecule has 1 N–H and O–H groups in total. The molecule has 0 atom stereocenters. The molecule has 0 radical (unpaired) electrons. The van der Waals surface area contributed by atoms with Crippen molar-refractivity contribution in [1.29, 1.82) is 0 Å². The van der Waals surface area contributed by atoms with Gasteiger partial charge in [0, 0.05) is 31.9 Å². The second-order valence-electron chi connectivity index (χ2n) is 3.89. The first-order chi connectivity index (χ1) is 8.08. The van der Waals surface area contributed by atoms with Gasteiger partial charge in [-0.3, -0.25) is 0 Å². The van der Waals surface area contributed by atoms with Gasteiger partial charge in [0.1, 0.15) is 0 Å². The van der Waals surface area contributed by atoms with Gasteiger partial charge in [-0.2, -0.15) is 4.98 Å². The van der Waals surface area contributed by atoms with Crippen molar-refractivity contribution in [3.05, 3.63) is 29.3 Å². The van der Waals surface area contributed by atoms with E-state index in [9.17, 15) is 0 Å². The lowest BCUT2D eigenvalue weighted by Crippen LogP contribution is -2.12. The maximum atomic E-state index is 5.85. The van der Waals surface area contributed by atoms with Crippen molar-refractivity contribution < 1.29 is 0 Å². The van der Waals surface area contributed by atoms with Crippen LogP contribution in [-0.2, 0) is 0 Å². The molecule has 1 aromatic heterocycles. The monoisotopic (exact) mass is 251 g/mol. The minimum absolute atomic E-state index is 0.654. The molecule has 0 saturated carbocycles. The van der Waals surface area contributed by atoms with Crippen molar-refractivity contribution in [2.75, 3.05) is 30.9 Å². The second kappa shape index (κ2) is 4.63. The lowest BCUT2D eigenvalue weighted by atomic mass is 10.3. The van der Waals surface area contributed by atoms with Gasteiger partial charge in [0.15, 0.2) is 0 Å². The van der Waals surface area contributed by atoms with E-state index < -0.39 is 0 Å². The Morgan fingerprint density at radius 1 is 1.12 bits per heavy atom. The van der Waals surface area contributed by atoms with Crippen molar-refractivity contribution >= 4 is 29.2 Å². The summed E-state index contributed by atoms with van der Waals surface area (Å²) in [5.74, 6) is 1.34. The molecule has 90 valence electrons. The van der Waals surface area contributed by atoms with Gasteiger partial charge in [0.2, 0.25) is 11.9 Å². The summed E-state index contributed by atoms with van der Waals surface area (Å²) in [5, 5.41) is 7.71. The Balaban J connectivity index is 2.24. The number of hydrogen-bond acceptors (Lipinski definition) is 4. The second-order valence-corrected chi connectivity index (χ2v) is 4.33. The topological polar surface area (TPSA) is 48.1 Å². The average Bonchev–Trinajstić information content (AvgIpc) is 2.78. The van der Waals surface area contributed by atoms with E-state index in [1.54, 1.807) is 0 Å². The SMILES string of the molecule is CN(C)c1n[nH]c(N(C)c2ccc(Cl)cc2)n1. The van der Waals surface area contributed by atoms with Gasteiger partial charge in [-0.1, -0.05) is 11.6 Å². The number of nitrogens with zero attached hydrogens (tertiary/aromatic N) is 4. The van der Waals surface area contributed by atoms with E-state index in [0.29, 0.717) is 16.9 Å².